The van der Waals surface area contributed by atoms with Crippen LogP contribution in [0.3, 0.4) is 0 Å². The maximum Gasteiger partial charge on any atom is 0.224 e. The minimum absolute atomic E-state index is 0.0503. The summed E-state index contributed by atoms with van der Waals surface area (Å²) >= 11 is 0. The average Bonchev–Trinajstić information content (AvgIpc) is 2.51. The first-order chi connectivity index (χ1) is 10.1. The first kappa shape index (κ1) is 17.7. The van der Waals surface area contributed by atoms with Crippen LogP contribution < -0.4 is 11.1 Å². The number of carbonyl (C=O) groups excluding carboxylic acids is 1. The van der Waals surface area contributed by atoms with Gasteiger partial charge in [-0.1, -0.05) is 69.9 Å². The average molecular weight is 290 g/mol. The topological polar surface area (TPSA) is 55.1 Å². The lowest BCUT2D eigenvalue weighted by molar-refractivity contribution is -0.125. The van der Waals surface area contributed by atoms with Crippen molar-refractivity contribution >= 4 is 5.91 Å². The molecule has 3 N–H and O–H groups in total. The largest absolute Gasteiger partial charge is 0.353 e. The van der Waals surface area contributed by atoms with Gasteiger partial charge >= 0.3 is 0 Å². The third-order valence-electron chi connectivity index (χ3n) is 4.02. The number of amides is 1. The Balaban J connectivity index is 2.40. The summed E-state index contributed by atoms with van der Waals surface area (Å²) in [6.45, 7) is 6.18. The number of unbranched alkanes of at least 4 members (excludes halogenated alkanes) is 3. The van der Waals surface area contributed by atoms with Crippen LogP contribution in [0.25, 0.3) is 0 Å². The highest BCUT2D eigenvalue weighted by molar-refractivity contribution is 5.79. The van der Waals surface area contributed by atoms with Gasteiger partial charge in [0.25, 0.3) is 0 Å². The Hall–Kier alpha value is -1.35. The number of benzene rings is 1. The summed E-state index contributed by atoms with van der Waals surface area (Å²) in [6.07, 6.45) is 5.98. The first-order valence-electron chi connectivity index (χ1n) is 8.17. The Morgan fingerprint density at radius 3 is 2.43 bits per heavy atom. The predicted molar refractivity (Wildman–Crippen MR) is 88.9 cm³/mol. The van der Waals surface area contributed by atoms with Gasteiger partial charge in [0.1, 0.15) is 0 Å². The molecule has 0 aliphatic heterocycles. The quantitative estimate of drug-likeness (QED) is 0.680. The highest BCUT2D eigenvalue weighted by Crippen LogP contribution is 2.19. The molecule has 0 saturated heterocycles. The molecule has 3 unspecified atom stereocenters. The van der Waals surface area contributed by atoms with Gasteiger partial charge in [-0.25, -0.2) is 0 Å². The van der Waals surface area contributed by atoms with Gasteiger partial charge < -0.3 is 11.1 Å². The summed E-state index contributed by atoms with van der Waals surface area (Å²) in [7, 11) is 0. The Labute approximate surface area is 129 Å². The summed E-state index contributed by atoms with van der Waals surface area (Å²) < 4.78 is 0. The fourth-order valence-electron chi connectivity index (χ4n) is 2.45. The molecule has 1 aromatic carbocycles. The van der Waals surface area contributed by atoms with E-state index in [9.17, 15) is 4.79 Å². The Morgan fingerprint density at radius 2 is 1.81 bits per heavy atom. The van der Waals surface area contributed by atoms with Crippen molar-refractivity contribution in [1.29, 1.82) is 0 Å². The lowest BCUT2D eigenvalue weighted by atomic mass is 9.94. The van der Waals surface area contributed by atoms with Crippen LogP contribution in [0.2, 0.25) is 0 Å². The normalized spacial score (nSPS) is 15.2. The fraction of sp³-hybridized carbons (Fsp3) is 0.611. The zero-order valence-corrected chi connectivity index (χ0v) is 13.6. The zero-order valence-electron chi connectivity index (χ0n) is 13.6. The van der Waals surface area contributed by atoms with Gasteiger partial charge in [0.15, 0.2) is 0 Å². The molecule has 0 radical (unpaired) electrons. The van der Waals surface area contributed by atoms with E-state index >= 15 is 0 Å². The van der Waals surface area contributed by atoms with Gasteiger partial charge in [-0.2, -0.15) is 0 Å². The van der Waals surface area contributed by atoms with E-state index in [0.29, 0.717) is 0 Å². The van der Waals surface area contributed by atoms with Gasteiger partial charge in [-0.05, 0) is 18.9 Å². The second-order valence-corrected chi connectivity index (χ2v) is 5.98. The van der Waals surface area contributed by atoms with E-state index in [1.54, 1.807) is 0 Å². The molecule has 1 aromatic rings. The molecule has 0 bridgehead atoms. The minimum Gasteiger partial charge on any atom is -0.353 e. The van der Waals surface area contributed by atoms with E-state index in [1.807, 2.05) is 37.3 Å². The van der Waals surface area contributed by atoms with Crippen molar-refractivity contribution in [3.8, 4) is 0 Å². The summed E-state index contributed by atoms with van der Waals surface area (Å²) in [5, 5.41) is 3.09. The highest BCUT2D eigenvalue weighted by atomic mass is 16.1. The summed E-state index contributed by atoms with van der Waals surface area (Å²) in [5.41, 5.74) is 7.20. The van der Waals surface area contributed by atoms with E-state index in [1.165, 1.54) is 25.7 Å². The summed E-state index contributed by atoms with van der Waals surface area (Å²) in [5.74, 6) is -0.167. The second-order valence-electron chi connectivity index (χ2n) is 5.98. The maximum absolute atomic E-state index is 12.3. The van der Waals surface area contributed by atoms with E-state index in [2.05, 4.69) is 19.2 Å². The Morgan fingerprint density at radius 1 is 1.14 bits per heavy atom. The standard InChI is InChI=1S/C18H30N2O/c1-4-5-6-8-11-14(2)20-18(21)15(3)17(19)16-12-9-7-10-13-16/h7,9-10,12-15,17H,4-6,8,11,19H2,1-3H3,(H,20,21). The van der Waals surface area contributed by atoms with Crippen molar-refractivity contribution in [2.24, 2.45) is 11.7 Å². The number of rotatable bonds is 9. The Kier molecular flexibility index (Phi) is 8.06. The van der Waals surface area contributed by atoms with Crippen molar-refractivity contribution in [1.82, 2.24) is 5.32 Å². The van der Waals surface area contributed by atoms with E-state index in [-0.39, 0.29) is 23.9 Å². The molecular formula is C18H30N2O. The third-order valence-corrected chi connectivity index (χ3v) is 4.02. The monoisotopic (exact) mass is 290 g/mol. The molecule has 1 amide bonds. The first-order valence-corrected chi connectivity index (χ1v) is 8.17. The number of hydrogen-bond donors (Lipinski definition) is 2. The van der Waals surface area contributed by atoms with Crippen LogP contribution in [0.15, 0.2) is 30.3 Å². The molecule has 0 aromatic heterocycles. The lowest BCUT2D eigenvalue weighted by Gasteiger charge is -2.22. The van der Waals surface area contributed by atoms with Gasteiger partial charge in [-0.15, -0.1) is 0 Å². The van der Waals surface area contributed by atoms with Crippen LogP contribution in [0.1, 0.15) is 64.5 Å². The van der Waals surface area contributed by atoms with Crippen molar-refractivity contribution < 1.29 is 4.79 Å². The number of nitrogens with two attached hydrogens (primary N) is 1. The second kappa shape index (κ2) is 9.56. The van der Waals surface area contributed by atoms with E-state index in [0.717, 1.165) is 12.0 Å². The molecule has 0 spiro atoms. The molecular weight excluding hydrogens is 260 g/mol. The molecule has 21 heavy (non-hydrogen) atoms. The molecule has 0 aliphatic carbocycles. The van der Waals surface area contributed by atoms with Gasteiger partial charge in [0.05, 0.1) is 5.92 Å². The number of nitrogens with one attached hydrogen (secondary N) is 1. The molecule has 118 valence electrons. The lowest BCUT2D eigenvalue weighted by Crippen LogP contribution is -2.40. The highest BCUT2D eigenvalue weighted by Gasteiger charge is 2.22. The van der Waals surface area contributed by atoms with Crippen molar-refractivity contribution in [2.45, 2.75) is 65.0 Å². The number of carbonyl (C=O) groups is 1. The van der Waals surface area contributed by atoms with Gasteiger partial charge in [-0.3, -0.25) is 4.79 Å². The molecule has 0 aliphatic rings. The minimum atomic E-state index is -0.251. The van der Waals surface area contributed by atoms with Crippen LogP contribution in [0.4, 0.5) is 0 Å². The summed E-state index contributed by atoms with van der Waals surface area (Å²) in [6, 6.07) is 9.79. The third kappa shape index (κ3) is 6.30. The van der Waals surface area contributed by atoms with Gasteiger partial charge in [0.2, 0.25) is 5.91 Å². The van der Waals surface area contributed by atoms with Crippen LogP contribution in [0, 0.1) is 5.92 Å². The molecule has 3 atom stereocenters. The van der Waals surface area contributed by atoms with Crippen molar-refractivity contribution in [2.75, 3.05) is 0 Å². The Bertz CT molecular complexity index is 405. The zero-order chi connectivity index (χ0) is 15.7. The number of hydrogen-bond acceptors (Lipinski definition) is 2. The van der Waals surface area contributed by atoms with Crippen LogP contribution >= 0.6 is 0 Å². The van der Waals surface area contributed by atoms with Crippen molar-refractivity contribution in [3.63, 3.8) is 0 Å². The fourth-order valence-corrected chi connectivity index (χ4v) is 2.45. The maximum atomic E-state index is 12.3. The molecule has 3 heteroatoms. The molecule has 3 nitrogen and oxygen atoms in total. The predicted octanol–water partition coefficient (Wildman–Crippen LogP) is 3.80. The molecule has 0 heterocycles. The van der Waals surface area contributed by atoms with Gasteiger partial charge in [0, 0.05) is 12.1 Å². The summed E-state index contributed by atoms with van der Waals surface area (Å²) in [4.78, 5) is 12.3. The van der Waals surface area contributed by atoms with Crippen LogP contribution in [-0.4, -0.2) is 11.9 Å². The van der Waals surface area contributed by atoms with Crippen LogP contribution in [-0.2, 0) is 4.79 Å². The SMILES string of the molecule is CCCCCCC(C)NC(=O)C(C)C(N)c1ccccc1. The smallest absolute Gasteiger partial charge is 0.224 e. The van der Waals surface area contributed by atoms with E-state index < -0.39 is 0 Å². The van der Waals surface area contributed by atoms with E-state index in [4.69, 9.17) is 5.73 Å². The van der Waals surface area contributed by atoms with Crippen LogP contribution in [0.5, 0.6) is 0 Å². The molecule has 0 fully saturated rings. The molecule has 0 saturated carbocycles. The molecule has 1 rings (SSSR count). The van der Waals surface area contributed by atoms with Crippen molar-refractivity contribution in [3.05, 3.63) is 35.9 Å².